The molecular formula is C13H24N2O2. The molecule has 0 bridgehead atoms. The number of likely N-dealkylation sites (tertiary alicyclic amines) is 1. The number of hydrogen-bond donors (Lipinski definition) is 1. The lowest BCUT2D eigenvalue weighted by atomic mass is 9.98. The van der Waals surface area contributed by atoms with Crippen LogP contribution in [0.1, 0.15) is 38.5 Å². The van der Waals surface area contributed by atoms with Crippen molar-refractivity contribution in [1.82, 2.24) is 10.2 Å². The van der Waals surface area contributed by atoms with E-state index in [1.807, 2.05) is 0 Å². The zero-order valence-electron chi connectivity index (χ0n) is 10.8. The van der Waals surface area contributed by atoms with Gasteiger partial charge in [0.1, 0.15) is 0 Å². The Morgan fingerprint density at radius 3 is 2.82 bits per heavy atom. The van der Waals surface area contributed by atoms with E-state index in [9.17, 15) is 4.79 Å². The van der Waals surface area contributed by atoms with Crippen LogP contribution < -0.4 is 5.32 Å². The van der Waals surface area contributed by atoms with Crippen LogP contribution in [0.15, 0.2) is 0 Å². The van der Waals surface area contributed by atoms with Gasteiger partial charge >= 0.3 is 0 Å². The van der Waals surface area contributed by atoms with Gasteiger partial charge in [-0.15, -0.1) is 0 Å². The Kier molecular flexibility index (Phi) is 4.80. The maximum Gasteiger partial charge on any atom is 0.240 e. The van der Waals surface area contributed by atoms with E-state index < -0.39 is 0 Å². The minimum Gasteiger partial charge on any atom is -0.383 e. The van der Waals surface area contributed by atoms with Gasteiger partial charge in [-0.1, -0.05) is 6.42 Å². The summed E-state index contributed by atoms with van der Waals surface area (Å²) in [5, 5.41) is 3.35. The molecule has 2 aliphatic heterocycles. The Bertz CT molecular complexity index is 250. The number of nitrogens with one attached hydrogen (secondary N) is 1. The third-order valence-electron chi connectivity index (χ3n) is 3.88. The highest BCUT2D eigenvalue weighted by molar-refractivity contribution is 5.82. The average Bonchev–Trinajstić information content (AvgIpc) is 2.40. The van der Waals surface area contributed by atoms with Crippen molar-refractivity contribution in [3.8, 4) is 0 Å². The van der Waals surface area contributed by atoms with Crippen LogP contribution >= 0.6 is 0 Å². The Labute approximate surface area is 104 Å². The van der Waals surface area contributed by atoms with Crippen molar-refractivity contribution >= 4 is 5.91 Å². The van der Waals surface area contributed by atoms with Crippen LogP contribution in [0, 0.1) is 0 Å². The molecule has 1 amide bonds. The number of amides is 1. The zero-order chi connectivity index (χ0) is 12.1. The van der Waals surface area contributed by atoms with Gasteiger partial charge in [0.25, 0.3) is 0 Å². The summed E-state index contributed by atoms with van der Waals surface area (Å²) in [6.07, 6.45) is 6.81. The van der Waals surface area contributed by atoms with Crippen LogP contribution in [0.5, 0.6) is 0 Å². The molecule has 2 aliphatic rings. The fourth-order valence-electron chi connectivity index (χ4n) is 2.92. The highest BCUT2D eigenvalue weighted by Crippen LogP contribution is 2.20. The average molecular weight is 240 g/mol. The Morgan fingerprint density at radius 2 is 2.12 bits per heavy atom. The molecule has 0 aromatic carbocycles. The summed E-state index contributed by atoms with van der Waals surface area (Å²) in [6, 6.07) is 0.353. The summed E-state index contributed by atoms with van der Waals surface area (Å²) in [5.74, 6) is 0.298. The molecule has 4 heteroatoms. The molecule has 0 spiro atoms. The van der Waals surface area contributed by atoms with Crippen LogP contribution in [0.25, 0.3) is 0 Å². The second kappa shape index (κ2) is 6.36. The summed E-state index contributed by atoms with van der Waals surface area (Å²) in [4.78, 5) is 14.5. The van der Waals surface area contributed by atoms with E-state index >= 15 is 0 Å². The van der Waals surface area contributed by atoms with E-state index in [1.54, 1.807) is 7.11 Å². The molecule has 0 aromatic heterocycles. The SMILES string of the molecule is COC[C@H]1CCCCN1C(=O)[C@@H]1CCCCN1. The van der Waals surface area contributed by atoms with Crippen molar-refractivity contribution in [2.24, 2.45) is 0 Å². The quantitative estimate of drug-likeness (QED) is 0.805. The number of carbonyl (C=O) groups is 1. The predicted octanol–water partition coefficient (Wildman–Crippen LogP) is 1.16. The van der Waals surface area contributed by atoms with Gasteiger partial charge < -0.3 is 15.0 Å². The Hall–Kier alpha value is -0.610. The maximum absolute atomic E-state index is 12.4. The maximum atomic E-state index is 12.4. The first-order valence-electron chi connectivity index (χ1n) is 6.85. The molecule has 0 aliphatic carbocycles. The van der Waals surface area contributed by atoms with Crippen molar-refractivity contribution < 1.29 is 9.53 Å². The van der Waals surface area contributed by atoms with E-state index in [0.717, 1.165) is 32.4 Å². The Balaban J connectivity index is 1.94. The number of nitrogens with zero attached hydrogens (tertiary/aromatic N) is 1. The summed E-state index contributed by atoms with van der Waals surface area (Å²) >= 11 is 0. The Morgan fingerprint density at radius 1 is 1.29 bits per heavy atom. The van der Waals surface area contributed by atoms with E-state index in [1.165, 1.54) is 19.3 Å². The summed E-state index contributed by atoms with van der Waals surface area (Å²) in [7, 11) is 1.72. The zero-order valence-corrected chi connectivity index (χ0v) is 10.8. The standard InChI is InChI=1S/C13H24N2O2/c1-17-10-11-6-3-5-9-15(11)13(16)12-7-2-4-8-14-12/h11-12,14H,2-10H2,1H3/t11-,12+/m1/s1. The van der Waals surface area contributed by atoms with Gasteiger partial charge in [0.15, 0.2) is 0 Å². The van der Waals surface area contributed by atoms with Crippen LogP contribution in [-0.4, -0.2) is 49.7 Å². The number of piperidine rings is 2. The van der Waals surface area contributed by atoms with Crippen LogP contribution in [0.2, 0.25) is 0 Å². The normalized spacial score (nSPS) is 30.3. The minimum atomic E-state index is 0.0567. The smallest absolute Gasteiger partial charge is 0.240 e. The summed E-state index contributed by atoms with van der Waals surface area (Å²) in [5.41, 5.74) is 0. The minimum absolute atomic E-state index is 0.0567. The first-order chi connectivity index (χ1) is 8.33. The van der Waals surface area contributed by atoms with Crippen molar-refractivity contribution in [3.05, 3.63) is 0 Å². The molecule has 2 atom stereocenters. The van der Waals surface area contributed by atoms with E-state index in [4.69, 9.17) is 4.74 Å². The van der Waals surface area contributed by atoms with Gasteiger partial charge in [0, 0.05) is 13.7 Å². The first kappa shape index (κ1) is 12.8. The molecular weight excluding hydrogens is 216 g/mol. The number of ether oxygens (including phenoxy) is 1. The van der Waals surface area contributed by atoms with E-state index in [2.05, 4.69) is 10.2 Å². The van der Waals surface area contributed by atoms with Gasteiger partial charge in [0.2, 0.25) is 5.91 Å². The second-order valence-corrected chi connectivity index (χ2v) is 5.14. The van der Waals surface area contributed by atoms with E-state index in [0.29, 0.717) is 18.6 Å². The molecule has 0 saturated carbocycles. The first-order valence-corrected chi connectivity index (χ1v) is 6.85. The molecule has 0 unspecified atom stereocenters. The van der Waals surface area contributed by atoms with Crippen molar-refractivity contribution in [2.45, 2.75) is 50.6 Å². The fraction of sp³-hybridized carbons (Fsp3) is 0.923. The largest absolute Gasteiger partial charge is 0.383 e. The molecule has 2 fully saturated rings. The lowest BCUT2D eigenvalue weighted by molar-refractivity contribution is -0.139. The van der Waals surface area contributed by atoms with Crippen LogP contribution in [-0.2, 0) is 9.53 Å². The molecule has 17 heavy (non-hydrogen) atoms. The molecule has 0 aromatic rings. The molecule has 98 valence electrons. The molecule has 2 saturated heterocycles. The number of rotatable bonds is 3. The fourth-order valence-corrected chi connectivity index (χ4v) is 2.92. The van der Waals surface area contributed by atoms with Crippen LogP contribution in [0.3, 0.4) is 0 Å². The van der Waals surface area contributed by atoms with Crippen LogP contribution in [0.4, 0.5) is 0 Å². The molecule has 2 rings (SSSR count). The number of carbonyl (C=O) groups excluding carboxylic acids is 1. The van der Waals surface area contributed by atoms with Crippen molar-refractivity contribution in [3.63, 3.8) is 0 Å². The van der Waals surface area contributed by atoms with Gasteiger partial charge in [-0.2, -0.15) is 0 Å². The second-order valence-electron chi connectivity index (χ2n) is 5.14. The van der Waals surface area contributed by atoms with Gasteiger partial charge in [0.05, 0.1) is 18.7 Å². The van der Waals surface area contributed by atoms with Gasteiger partial charge in [-0.05, 0) is 38.6 Å². The van der Waals surface area contributed by atoms with Gasteiger partial charge in [-0.3, -0.25) is 4.79 Å². The molecule has 4 nitrogen and oxygen atoms in total. The monoisotopic (exact) mass is 240 g/mol. The number of methoxy groups -OCH3 is 1. The van der Waals surface area contributed by atoms with Crippen molar-refractivity contribution in [2.75, 3.05) is 26.8 Å². The lowest BCUT2D eigenvalue weighted by Gasteiger charge is -2.38. The van der Waals surface area contributed by atoms with Crippen molar-refractivity contribution in [1.29, 1.82) is 0 Å². The number of hydrogen-bond acceptors (Lipinski definition) is 3. The third kappa shape index (κ3) is 3.19. The summed E-state index contributed by atoms with van der Waals surface area (Å²) in [6.45, 7) is 2.57. The highest BCUT2D eigenvalue weighted by atomic mass is 16.5. The summed E-state index contributed by atoms with van der Waals surface area (Å²) < 4.78 is 5.23. The lowest BCUT2D eigenvalue weighted by Crippen LogP contribution is -2.54. The molecule has 2 heterocycles. The third-order valence-corrected chi connectivity index (χ3v) is 3.88. The topological polar surface area (TPSA) is 41.6 Å². The predicted molar refractivity (Wildman–Crippen MR) is 66.9 cm³/mol. The van der Waals surface area contributed by atoms with Gasteiger partial charge in [-0.25, -0.2) is 0 Å². The van der Waals surface area contributed by atoms with E-state index in [-0.39, 0.29) is 6.04 Å². The molecule has 1 N–H and O–H groups in total. The molecule has 0 radical (unpaired) electrons. The highest BCUT2D eigenvalue weighted by Gasteiger charge is 2.31.